The Kier molecular flexibility index (Phi) is 7.87. The van der Waals surface area contributed by atoms with Crippen molar-refractivity contribution < 1.29 is 22.8 Å². The molecule has 0 aliphatic carbocycles. The second-order valence-electron chi connectivity index (χ2n) is 8.40. The standard InChI is InChI=1S/C26H23Cl2N3O5S/c1-29-25(33)22(14-17-7-3-2-4-8-17)30(15-18-11-12-20(27)21(28)13-18)24(32)16-31-26(34)19-9-5-6-10-23(19)37(31,35)36/h2-13,22H,14-16H2,1H3,(H,29,33)/t22-/m0/s1. The number of fused-ring (bicyclic) bond motifs is 1. The first-order valence-electron chi connectivity index (χ1n) is 11.3. The largest absolute Gasteiger partial charge is 0.357 e. The fourth-order valence-electron chi connectivity index (χ4n) is 4.16. The van der Waals surface area contributed by atoms with E-state index in [-0.39, 0.29) is 28.4 Å². The number of carbonyl (C=O) groups is 3. The van der Waals surface area contributed by atoms with Gasteiger partial charge in [-0.2, -0.15) is 0 Å². The Labute approximate surface area is 224 Å². The Hall–Kier alpha value is -3.40. The van der Waals surface area contributed by atoms with Crippen LogP contribution in [0, 0.1) is 0 Å². The van der Waals surface area contributed by atoms with Gasteiger partial charge in [0, 0.05) is 20.0 Å². The van der Waals surface area contributed by atoms with Gasteiger partial charge in [-0.25, -0.2) is 12.7 Å². The number of hydrogen-bond acceptors (Lipinski definition) is 5. The Morgan fingerprint density at radius 2 is 1.62 bits per heavy atom. The summed E-state index contributed by atoms with van der Waals surface area (Å²) < 4.78 is 26.7. The first-order valence-corrected chi connectivity index (χ1v) is 13.5. The van der Waals surface area contributed by atoms with Crippen molar-refractivity contribution in [1.82, 2.24) is 14.5 Å². The Bertz CT molecular complexity index is 1460. The number of nitrogens with one attached hydrogen (secondary N) is 1. The van der Waals surface area contributed by atoms with E-state index in [1.807, 2.05) is 30.3 Å². The van der Waals surface area contributed by atoms with Crippen LogP contribution < -0.4 is 5.32 Å². The van der Waals surface area contributed by atoms with E-state index in [2.05, 4.69) is 5.32 Å². The van der Waals surface area contributed by atoms with Crippen LogP contribution in [0.4, 0.5) is 0 Å². The molecule has 3 aromatic rings. The zero-order chi connectivity index (χ0) is 26.7. The van der Waals surface area contributed by atoms with Crippen LogP contribution >= 0.6 is 23.2 Å². The van der Waals surface area contributed by atoms with Crippen LogP contribution in [-0.4, -0.2) is 55.0 Å². The van der Waals surface area contributed by atoms with Gasteiger partial charge in [-0.3, -0.25) is 14.4 Å². The van der Waals surface area contributed by atoms with Gasteiger partial charge in [0.2, 0.25) is 11.8 Å². The van der Waals surface area contributed by atoms with Gasteiger partial charge in [0.05, 0.1) is 15.6 Å². The van der Waals surface area contributed by atoms with Gasteiger partial charge in [0.25, 0.3) is 15.9 Å². The molecule has 0 spiro atoms. The monoisotopic (exact) mass is 559 g/mol. The highest BCUT2D eigenvalue weighted by atomic mass is 35.5. The molecule has 0 bridgehead atoms. The van der Waals surface area contributed by atoms with Gasteiger partial charge in [0.15, 0.2) is 0 Å². The van der Waals surface area contributed by atoms with Crippen molar-refractivity contribution in [2.24, 2.45) is 0 Å². The highest BCUT2D eigenvalue weighted by Crippen LogP contribution is 2.30. The molecule has 1 N–H and O–H groups in total. The fraction of sp³-hybridized carbons (Fsp3) is 0.192. The molecule has 0 radical (unpaired) electrons. The number of rotatable bonds is 8. The first-order chi connectivity index (χ1) is 17.6. The summed E-state index contributed by atoms with van der Waals surface area (Å²) >= 11 is 12.2. The van der Waals surface area contributed by atoms with Crippen LogP contribution in [0.2, 0.25) is 10.0 Å². The summed E-state index contributed by atoms with van der Waals surface area (Å²) in [4.78, 5) is 40.8. The molecule has 0 aromatic heterocycles. The van der Waals surface area contributed by atoms with Gasteiger partial charge in [0.1, 0.15) is 17.5 Å². The molecule has 192 valence electrons. The Morgan fingerprint density at radius 3 is 2.27 bits per heavy atom. The fourth-order valence-corrected chi connectivity index (χ4v) is 6.00. The van der Waals surface area contributed by atoms with Crippen molar-refractivity contribution in [3.05, 3.63) is 99.5 Å². The molecule has 1 aliphatic rings. The maximum absolute atomic E-state index is 13.7. The van der Waals surface area contributed by atoms with Crippen molar-refractivity contribution in [3.8, 4) is 0 Å². The molecule has 1 heterocycles. The quantitative estimate of drug-likeness (QED) is 0.454. The number of hydrogen-bond donors (Lipinski definition) is 1. The number of likely N-dealkylation sites (N-methyl/N-ethyl adjacent to an activating group) is 1. The minimum absolute atomic E-state index is 0.00142. The highest BCUT2D eigenvalue weighted by molar-refractivity contribution is 7.90. The second kappa shape index (κ2) is 10.9. The van der Waals surface area contributed by atoms with Crippen molar-refractivity contribution in [2.75, 3.05) is 13.6 Å². The van der Waals surface area contributed by atoms with E-state index in [0.717, 1.165) is 5.56 Å². The first kappa shape index (κ1) is 26.7. The zero-order valence-corrected chi connectivity index (χ0v) is 22.1. The minimum Gasteiger partial charge on any atom is -0.357 e. The van der Waals surface area contributed by atoms with E-state index in [1.165, 1.54) is 30.1 Å². The molecule has 0 unspecified atom stereocenters. The number of amides is 3. The zero-order valence-electron chi connectivity index (χ0n) is 19.7. The molecular weight excluding hydrogens is 537 g/mol. The average Bonchev–Trinajstić information content (AvgIpc) is 3.09. The summed E-state index contributed by atoms with van der Waals surface area (Å²) in [6, 6.07) is 18.7. The van der Waals surface area contributed by atoms with Crippen molar-refractivity contribution in [1.29, 1.82) is 0 Å². The van der Waals surface area contributed by atoms with Gasteiger partial charge < -0.3 is 10.2 Å². The number of halogens is 2. The summed E-state index contributed by atoms with van der Waals surface area (Å²) in [5, 5.41) is 3.17. The maximum atomic E-state index is 13.7. The smallest absolute Gasteiger partial charge is 0.269 e. The van der Waals surface area contributed by atoms with Crippen molar-refractivity contribution in [3.63, 3.8) is 0 Å². The number of sulfonamides is 1. The third-order valence-corrected chi connectivity index (χ3v) is 8.57. The van der Waals surface area contributed by atoms with E-state index in [1.54, 1.807) is 24.3 Å². The van der Waals surface area contributed by atoms with Crippen LogP contribution in [0.1, 0.15) is 21.5 Å². The topological polar surface area (TPSA) is 104 Å². The molecule has 3 aromatic carbocycles. The molecule has 1 atom stereocenters. The van der Waals surface area contributed by atoms with E-state index in [9.17, 15) is 22.8 Å². The van der Waals surface area contributed by atoms with E-state index < -0.39 is 40.3 Å². The van der Waals surface area contributed by atoms with E-state index >= 15 is 0 Å². The molecule has 11 heteroatoms. The molecule has 8 nitrogen and oxygen atoms in total. The Balaban J connectivity index is 1.71. The van der Waals surface area contributed by atoms with Gasteiger partial charge in [-0.05, 0) is 35.4 Å². The molecule has 1 aliphatic heterocycles. The third kappa shape index (κ3) is 5.49. The summed E-state index contributed by atoms with van der Waals surface area (Å²) in [5.74, 6) is -1.96. The number of benzene rings is 3. The second-order valence-corrected chi connectivity index (χ2v) is 11.0. The van der Waals surface area contributed by atoms with Gasteiger partial charge in [-0.1, -0.05) is 71.7 Å². The van der Waals surface area contributed by atoms with Crippen LogP contribution in [-0.2, 0) is 32.6 Å². The highest BCUT2D eigenvalue weighted by Gasteiger charge is 2.43. The van der Waals surface area contributed by atoms with Crippen LogP contribution in [0.3, 0.4) is 0 Å². The van der Waals surface area contributed by atoms with Gasteiger partial charge in [-0.15, -0.1) is 0 Å². The normalized spacial score (nSPS) is 14.7. The predicted octanol–water partition coefficient (Wildman–Crippen LogP) is 3.52. The SMILES string of the molecule is CNC(=O)[C@H](Cc1ccccc1)N(Cc1ccc(Cl)c(Cl)c1)C(=O)CN1C(=O)c2ccccc2S1(=O)=O. The molecule has 0 saturated heterocycles. The molecule has 3 amide bonds. The third-order valence-electron chi connectivity index (χ3n) is 6.05. The van der Waals surface area contributed by atoms with Crippen LogP contribution in [0.25, 0.3) is 0 Å². The molecule has 0 fully saturated rings. The summed E-state index contributed by atoms with van der Waals surface area (Å²) in [6.07, 6.45) is 0.161. The van der Waals surface area contributed by atoms with Gasteiger partial charge >= 0.3 is 0 Å². The van der Waals surface area contributed by atoms with E-state index in [4.69, 9.17) is 23.2 Å². The summed E-state index contributed by atoms with van der Waals surface area (Å²) in [6.45, 7) is -0.838. The van der Waals surface area contributed by atoms with Crippen LogP contribution in [0.15, 0.2) is 77.7 Å². The molecular formula is C26H23Cl2N3O5S. The average molecular weight is 560 g/mol. The number of carbonyl (C=O) groups excluding carboxylic acids is 3. The van der Waals surface area contributed by atoms with Crippen molar-refractivity contribution >= 4 is 50.9 Å². The maximum Gasteiger partial charge on any atom is 0.269 e. The lowest BCUT2D eigenvalue weighted by molar-refractivity contribution is -0.140. The number of nitrogens with zero attached hydrogens (tertiary/aromatic N) is 2. The minimum atomic E-state index is -4.22. The summed E-state index contributed by atoms with van der Waals surface area (Å²) in [5.41, 5.74) is 1.36. The van der Waals surface area contributed by atoms with Crippen molar-refractivity contribution in [2.45, 2.75) is 23.9 Å². The lowest BCUT2D eigenvalue weighted by Gasteiger charge is -2.32. The molecule has 0 saturated carbocycles. The molecule has 37 heavy (non-hydrogen) atoms. The molecule has 4 rings (SSSR count). The Morgan fingerprint density at radius 1 is 0.946 bits per heavy atom. The van der Waals surface area contributed by atoms with E-state index in [0.29, 0.717) is 14.9 Å². The predicted molar refractivity (Wildman–Crippen MR) is 140 cm³/mol. The lowest BCUT2D eigenvalue weighted by atomic mass is 10.0. The lowest BCUT2D eigenvalue weighted by Crippen LogP contribution is -2.52. The van der Waals surface area contributed by atoms with Crippen LogP contribution in [0.5, 0.6) is 0 Å². The summed E-state index contributed by atoms with van der Waals surface area (Å²) in [7, 11) is -2.77.